The number of rotatable bonds is 5. The van der Waals surface area contributed by atoms with E-state index in [4.69, 9.17) is 27.9 Å². The summed E-state index contributed by atoms with van der Waals surface area (Å²) in [4.78, 5) is 44.4. The summed E-state index contributed by atoms with van der Waals surface area (Å²) in [6.45, 7) is 6.21. The molecule has 1 aliphatic heterocycles. The molecule has 2 N–H and O–H groups in total. The Kier molecular flexibility index (Phi) is 7.59. The van der Waals surface area contributed by atoms with Crippen LogP contribution in [0.15, 0.2) is 54.7 Å². The number of carbonyl (C=O) groups excluding carboxylic acids is 3. The van der Waals surface area contributed by atoms with Gasteiger partial charge in [0.15, 0.2) is 0 Å². The number of amides is 2. The molecule has 1 aliphatic carbocycles. The summed E-state index contributed by atoms with van der Waals surface area (Å²) in [5.41, 5.74) is 0.540. The number of benzene rings is 2. The molecule has 3 aromatic rings. The number of anilines is 2. The van der Waals surface area contributed by atoms with Crippen LogP contribution in [0.4, 0.5) is 15.8 Å². The first-order chi connectivity index (χ1) is 19.4. The molecule has 2 aromatic carbocycles. The Morgan fingerprint density at radius 1 is 1.17 bits per heavy atom. The monoisotopic (exact) mass is 597 g/mol. The topological polar surface area (TPSA) is 97.4 Å². The minimum absolute atomic E-state index is 0.0951. The van der Waals surface area contributed by atoms with Crippen LogP contribution in [0.3, 0.4) is 0 Å². The van der Waals surface area contributed by atoms with E-state index in [1.807, 2.05) is 0 Å². The van der Waals surface area contributed by atoms with Gasteiger partial charge in [-0.2, -0.15) is 0 Å². The van der Waals surface area contributed by atoms with Crippen LogP contribution in [0.2, 0.25) is 10.2 Å². The summed E-state index contributed by atoms with van der Waals surface area (Å²) >= 11 is 12.4. The van der Waals surface area contributed by atoms with Crippen molar-refractivity contribution in [2.75, 3.05) is 17.7 Å². The number of halogens is 3. The molecule has 0 bridgehead atoms. The molecule has 10 heteroatoms. The molecule has 5 rings (SSSR count). The number of pyridine rings is 1. The minimum atomic E-state index is -1.30. The SMILES string of the molecule is COC(=O)c1ccc(NC(=O)[C@H]2C[C@H](CC(C)(C)C)[C@]3(C(=O)Nc4cc(Cl)ncc43)[C@@H]2c2cccc(Cl)c2F)cc1. The molecule has 4 atom stereocenters. The predicted octanol–water partition coefficient (Wildman–Crippen LogP) is 7.00. The van der Waals surface area contributed by atoms with Gasteiger partial charge in [0.25, 0.3) is 0 Å². The lowest BCUT2D eigenvalue weighted by Crippen LogP contribution is -2.45. The van der Waals surface area contributed by atoms with Crippen molar-refractivity contribution in [3.8, 4) is 0 Å². The van der Waals surface area contributed by atoms with E-state index in [-0.39, 0.29) is 38.9 Å². The Hall–Kier alpha value is -3.49. The summed E-state index contributed by atoms with van der Waals surface area (Å²) in [6.07, 6.45) is 2.46. The Morgan fingerprint density at radius 2 is 1.88 bits per heavy atom. The summed E-state index contributed by atoms with van der Waals surface area (Å²) in [6, 6.07) is 12.5. The van der Waals surface area contributed by atoms with Crippen LogP contribution in [-0.2, 0) is 19.7 Å². The lowest BCUT2D eigenvalue weighted by Gasteiger charge is -2.38. The van der Waals surface area contributed by atoms with Crippen LogP contribution < -0.4 is 10.6 Å². The fourth-order valence-electron chi connectivity index (χ4n) is 6.63. The number of hydrogen-bond donors (Lipinski definition) is 2. The van der Waals surface area contributed by atoms with E-state index < -0.39 is 29.0 Å². The molecule has 1 fully saturated rings. The number of aromatic nitrogens is 1. The molecule has 214 valence electrons. The summed E-state index contributed by atoms with van der Waals surface area (Å²) < 4.78 is 20.6. The smallest absolute Gasteiger partial charge is 0.337 e. The number of fused-ring (bicyclic) bond motifs is 2. The lowest BCUT2D eigenvalue weighted by molar-refractivity contribution is -0.123. The van der Waals surface area contributed by atoms with Crippen molar-refractivity contribution in [2.45, 2.75) is 44.9 Å². The minimum Gasteiger partial charge on any atom is -0.465 e. The highest BCUT2D eigenvalue weighted by molar-refractivity contribution is 6.31. The first kappa shape index (κ1) is 29.0. The molecule has 0 radical (unpaired) electrons. The molecule has 7 nitrogen and oxygen atoms in total. The Bertz CT molecular complexity index is 1540. The van der Waals surface area contributed by atoms with Gasteiger partial charge < -0.3 is 15.4 Å². The van der Waals surface area contributed by atoms with Gasteiger partial charge in [0.1, 0.15) is 11.0 Å². The first-order valence-electron chi connectivity index (χ1n) is 13.3. The zero-order valence-electron chi connectivity index (χ0n) is 23.1. The number of nitrogens with zero attached hydrogens (tertiary/aromatic N) is 1. The number of esters is 1. The van der Waals surface area contributed by atoms with E-state index in [9.17, 15) is 14.4 Å². The summed E-state index contributed by atoms with van der Waals surface area (Å²) in [5.74, 6) is -3.91. The van der Waals surface area contributed by atoms with Gasteiger partial charge in [0.05, 0.1) is 23.1 Å². The molecule has 1 spiro atoms. The van der Waals surface area contributed by atoms with Crippen LogP contribution in [0.25, 0.3) is 0 Å². The van der Waals surface area contributed by atoms with Crippen LogP contribution in [0, 0.1) is 23.1 Å². The zero-order chi connectivity index (χ0) is 29.7. The Labute approximate surface area is 247 Å². The maximum Gasteiger partial charge on any atom is 0.337 e. The molecule has 0 saturated heterocycles. The number of methoxy groups -OCH3 is 1. The third-order valence-electron chi connectivity index (χ3n) is 8.10. The average Bonchev–Trinajstić information content (AvgIpc) is 3.39. The second-order valence-electron chi connectivity index (χ2n) is 11.9. The van der Waals surface area contributed by atoms with Gasteiger partial charge in [0, 0.05) is 35.0 Å². The van der Waals surface area contributed by atoms with Crippen molar-refractivity contribution < 1.29 is 23.5 Å². The third-order valence-corrected chi connectivity index (χ3v) is 8.60. The number of ether oxygens (including phenoxy) is 1. The highest BCUT2D eigenvalue weighted by Gasteiger charge is 2.66. The molecule has 2 aliphatic rings. The van der Waals surface area contributed by atoms with Gasteiger partial charge in [0.2, 0.25) is 11.8 Å². The van der Waals surface area contributed by atoms with E-state index in [2.05, 4.69) is 36.4 Å². The standard InChI is InChI=1S/C31H30Cl2FN3O4/c1-30(2,3)14-17-12-20(27(38)36-18-10-8-16(9-11-18)28(39)41-4)25(19-6-5-7-22(32)26(19)34)31(17)21-15-35-24(33)13-23(21)37-29(31)40/h5-11,13,15,17,20,25H,12,14H2,1-4H3,(H,36,38)(H,37,40)/t17-,20+,25-,31-/m1/s1. The second-order valence-corrected chi connectivity index (χ2v) is 12.7. The molecule has 41 heavy (non-hydrogen) atoms. The molecule has 2 heterocycles. The van der Waals surface area contributed by atoms with E-state index in [1.54, 1.807) is 48.7 Å². The Morgan fingerprint density at radius 3 is 2.54 bits per heavy atom. The van der Waals surface area contributed by atoms with Gasteiger partial charge in [-0.3, -0.25) is 9.59 Å². The van der Waals surface area contributed by atoms with Crippen molar-refractivity contribution >= 4 is 52.4 Å². The third kappa shape index (κ3) is 5.08. The fourth-order valence-corrected chi connectivity index (χ4v) is 6.97. The second kappa shape index (κ2) is 10.7. The van der Waals surface area contributed by atoms with Crippen LogP contribution in [0.1, 0.15) is 61.0 Å². The number of hydrogen-bond acceptors (Lipinski definition) is 5. The maximum absolute atomic E-state index is 15.9. The highest BCUT2D eigenvalue weighted by Crippen LogP contribution is 2.64. The number of carbonyl (C=O) groups is 3. The van der Waals surface area contributed by atoms with Gasteiger partial charge in [-0.1, -0.05) is 56.1 Å². The van der Waals surface area contributed by atoms with E-state index in [0.717, 1.165) is 0 Å². The fraction of sp³-hybridized carbons (Fsp3) is 0.355. The van der Waals surface area contributed by atoms with Crippen LogP contribution >= 0.6 is 23.2 Å². The summed E-state index contributed by atoms with van der Waals surface area (Å²) in [5, 5.41) is 6.00. The highest BCUT2D eigenvalue weighted by atomic mass is 35.5. The van der Waals surface area contributed by atoms with Crippen LogP contribution in [-0.4, -0.2) is 29.9 Å². The number of nitrogens with one attached hydrogen (secondary N) is 2. The average molecular weight is 599 g/mol. The molecule has 1 aromatic heterocycles. The van der Waals surface area contributed by atoms with E-state index in [0.29, 0.717) is 35.3 Å². The van der Waals surface area contributed by atoms with Gasteiger partial charge >= 0.3 is 5.97 Å². The quantitative estimate of drug-likeness (QED) is 0.244. The van der Waals surface area contributed by atoms with Gasteiger partial charge in [-0.15, -0.1) is 0 Å². The maximum atomic E-state index is 15.9. The molecule has 2 amide bonds. The van der Waals surface area contributed by atoms with Crippen molar-refractivity contribution in [1.82, 2.24) is 4.98 Å². The van der Waals surface area contributed by atoms with Crippen molar-refractivity contribution in [2.24, 2.45) is 17.3 Å². The van der Waals surface area contributed by atoms with Crippen molar-refractivity contribution in [3.63, 3.8) is 0 Å². The van der Waals surface area contributed by atoms with E-state index in [1.165, 1.54) is 13.2 Å². The summed E-state index contributed by atoms with van der Waals surface area (Å²) in [7, 11) is 1.29. The largest absolute Gasteiger partial charge is 0.465 e. The predicted molar refractivity (Wildman–Crippen MR) is 156 cm³/mol. The normalized spacial score (nSPS) is 23.3. The van der Waals surface area contributed by atoms with Crippen LogP contribution in [0.5, 0.6) is 0 Å². The van der Waals surface area contributed by atoms with Crippen molar-refractivity contribution in [1.29, 1.82) is 0 Å². The molecule has 1 saturated carbocycles. The van der Waals surface area contributed by atoms with Gasteiger partial charge in [-0.05, 0) is 66.1 Å². The molecular formula is C31H30Cl2FN3O4. The van der Waals surface area contributed by atoms with Gasteiger partial charge in [-0.25, -0.2) is 14.2 Å². The molecular weight excluding hydrogens is 568 g/mol. The zero-order valence-corrected chi connectivity index (χ0v) is 24.6. The Balaban J connectivity index is 1.66. The lowest BCUT2D eigenvalue weighted by atomic mass is 9.62. The first-order valence-corrected chi connectivity index (χ1v) is 14.0. The molecule has 0 unspecified atom stereocenters. The van der Waals surface area contributed by atoms with E-state index >= 15 is 4.39 Å². The van der Waals surface area contributed by atoms with Crippen molar-refractivity contribution in [3.05, 3.63) is 87.4 Å².